The quantitative estimate of drug-likeness (QED) is 0.404. The first-order chi connectivity index (χ1) is 10.8. The summed E-state index contributed by atoms with van der Waals surface area (Å²) in [4.78, 5) is 22.9. The van der Waals surface area contributed by atoms with Crippen LogP contribution in [0.15, 0.2) is 12.1 Å². The fraction of sp³-hybridized carbons (Fsp3) is 0.500. The van der Waals surface area contributed by atoms with Gasteiger partial charge >= 0.3 is 12.1 Å². The highest BCUT2D eigenvalue weighted by atomic mass is 35.5. The number of hydrogen-bond acceptors (Lipinski definition) is 3. The molecule has 1 aromatic carbocycles. The van der Waals surface area contributed by atoms with Gasteiger partial charge in [-0.05, 0) is 37.8 Å². The maximum Gasteiger partial charge on any atom is 0.409 e. The van der Waals surface area contributed by atoms with Crippen molar-refractivity contribution in [2.45, 2.75) is 46.6 Å². The zero-order valence-corrected chi connectivity index (χ0v) is 15.2. The van der Waals surface area contributed by atoms with Gasteiger partial charge in [0.15, 0.2) is 5.75 Å². The molecule has 0 unspecified atom stereocenters. The van der Waals surface area contributed by atoms with Crippen molar-refractivity contribution >= 4 is 35.1 Å². The number of urea groups is 1. The highest BCUT2D eigenvalue weighted by Crippen LogP contribution is 2.35. The number of nitrogens with one attached hydrogen (secondary N) is 3. The third-order valence-electron chi connectivity index (χ3n) is 2.99. The van der Waals surface area contributed by atoms with Gasteiger partial charge in [-0.15, -0.1) is 0 Å². The Kier molecular flexibility index (Phi) is 5.94. The molecule has 1 aromatic rings. The van der Waals surface area contributed by atoms with Gasteiger partial charge < -0.3 is 20.8 Å². The molecule has 7 nitrogen and oxygen atoms in total. The second kappa shape index (κ2) is 7.17. The highest BCUT2D eigenvalue weighted by Gasteiger charge is 2.27. The van der Waals surface area contributed by atoms with Crippen LogP contribution in [0, 0.1) is 5.41 Å². The number of anilines is 2. The Bertz CT molecular complexity index is 639. The van der Waals surface area contributed by atoms with Crippen LogP contribution in [0.4, 0.5) is 21.0 Å². The summed E-state index contributed by atoms with van der Waals surface area (Å²) in [6.45, 7) is 10.1. The monoisotopic (exact) mass is 357 g/mol. The summed E-state index contributed by atoms with van der Waals surface area (Å²) in [6, 6.07) is 2.17. The molecule has 0 spiro atoms. The minimum atomic E-state index is -1.35. The lowest BCUT2D eigenvalue weighted by molar-refractivity contribution is 0.209. The van der Waals surface area contributed by atoms with Gasteiger partial charge in [0.25, 0.3) is 0 Å². The number of hydrogen-bond donors (Lipinski definition) is 5. The van der Waals surface area contributed by atoms with E-state index in [1.165, 1.54) is 12.1 Å². The lowest BCUT2D eigenvalue weighted by Gasteiger charge is -2.33. The third-order valence-corrected chi connectivity index (χ3v) is 3.28. The van der Waals surface area contributed by atoms with Crippen molar-refractivity contribution in [2.75, 3.05) is 10.6 Å². The average Bonchev–Trinajstić information content (AvgIpc) is 2.30. The van der Waals surface area contributed by atoms with Crippen molar-refractivity contribution in [3.8, 4) is 5.75 Å². The van der Waals surface area contributed by atoms with Gasteiger partial charge in [-0.2, -0.15) is 0 Å². The van der Waals surface area contributed by atoms with Crippen LogP contribution in [-0.4, -0.2) is 27.9 Å². The number of amides is 3. The minimum Gasteiger partial charge on any atom is -0.504 e. The zero-order chi connectivity index (χ0) is 18.7. The molecule has 0 bridgehead atoms. The Morgan fingerprint density at radius 2 is 1.71 bits per heavy atom. The van der Waals surface area contributed by atoms with E-state index in [1.807, 2.05) is 19.2 Å². The van der Waals surface area contributed by atoms with Gasteiger partial charge in [-0.1, -0.05) is 32.4 Å². The molecule has 0 atom stereocenters. The van der Waals surface area contributed by atoms with Crippen molar-refractivity contribution in [2.24, 2.45) is 5.41 Å². The van der Waals surface area contributed by atoms with E-state index >= 15 is 0 Å². The SMILES string of the molecule is CC(C)(C)CC(C)(C)NC(=O)Nc1cc(Cl)c(O)c(NC(=O)O)c1. The molecule has 1 rings (SSSR count). The lowest BCUT2D eigenvalue weighted by Crippen LogP contribution is -2.47. The van der Waals surface area contributed by atoms with Crippen molar-refractivity contribution in [1.29, 1.82) is 0 Å². The molecule has 0 heterocycles. The molecule has 3 amide bonds. The first-order valence-electron chi connectivity index (χ1n) is 7.41. The van der Waals surface area contributed by atoms with Crippen LogP contribution < -0.4 is 16.0 Å². The van der Waals surface area contributed by atoms with E-state index in [2.05, 4.69) is 31.4 Å². The van der Waals surface area contributed by atoms with Crippen LogP contribution >= 0.6 is 11.6 Å². The fourth-order valence-electron chi connectivity index (χ4n) is 2.72. The Balaban J connectivity index is 2.87. The summed E-state index contributed by atoms with van der Waals surface area (Å²) in [7, 11) is 0. The first kappa shape index (κ1) is 19.9. The number of carbonyl (C=O) groups is 2. The van der Waals surface area contributed by atoms with Crippen molar-refractivity contribution in [3.05, 3.63) is 17.2 Å². The van der Waals surface area contributed by atoms with Gasteiger partial charge in [-0.25, -0.2) is 9.59 Å². The van der Waals surface area contributed by atoms with E-state index in [0.29, 0.717) is 0 Å². The molecule has 0 aliphatic heterocycles. The molecule has 0 radical (unpaired) electrons. The smallest absolute Gasteiger partial charge is 0.409 e. The molecule has 24 heavy (non-hydrogen) atoms. The Morgan fingerprint density at radius 1 is 1.12 bits per heavy atom. The summed E-state index contributed by atoms with van der Waals surface area (Å²) in [5.74, 6) is -0.405. The second-order valence-corrected chi connectivity index (χ2v) is 7.89. The molecule has 0 aromatic heterocycles. The standard InChI is InChI=1S/C16H24ClN3O4/c1-15(2,3)8-16(4,5)20-13(22)18-9-6-10(17)12(21)11(7-9)19-14(23)24/h6-7,19,21H,8H2,1-5H3,(H,23,24)(H2,18,20,22). The van der Waals surface area contributed by atoms with Crippen LogP contribution in [0.25, 0.3) is 0 Å². The molecule has 0 aliphatic rings. The predicted octanol–water partition coefficient (Wildman–Crippen LogP) is 4.47. The van der Waals surface area contributed by atoms with Crippen molar-refractivity contribution in [1.82, 2.24) is 5.32 Å². The van der Waals surface area contributed by atoms with Gasteiger partial charge in [0.1, 0.15) is 0 Å². The normalized spacial score (nSPS) is 11.8. The fourth-order valence-corrected chi connectivity index (χ4v) is 2.94. The third kappa shape index (κ3) is 6.54. The maximum absolute atomic E-state index is 12.2. The van der Waals surface area contributed by atoms with E-state index in [-0.39, 0.29) is 21.8 Å². The molecule has 0 saturated heterocycles. The van der Waals surface area contributed by atoms with E-state index in [4.69, 9.17) is 16.7 Å². The average molecular weight is 358 g/mol. The molecule has 0 aliphatic carbocycles. The molecular formula is C16H24ClN3O4. The number of halogens is 1. The van der Waals surface area contributed by atoms with E-state index < -0.39 is 23.4 Å². The molecule has 5 N–H and O–H groups in total. The van der Waals surface area contributed by atoms with Crippen LogP contribution in [0.2, 0.25) is 5.02 Å². The number of rotatable bonds is 4. The summed E-state index contributed by atoms with van der Waals surface area (Å²) >= 11 is 5.85. The number of phenolic OH excluding ortho intramolecular Hbond substituents is 1. The van der Waals surface area contributed by atoms with Crippen molar-refractivity contribution < 1.29 is 19.8 Å². The number of phenols is 1. The van der Waals surface area contributed by atoms with Gasteiger partial charge in [0, 0.05) is 11.2 Å². The molecule has 0 saturated carbocycles. The number of carboxylic acid groups (broad SMARTS) is 1. The minimum absolute atomic E-state index is 0.0389. The topological polar surface area (TPSA) is 111 Å². The van der Waals surface area contributed by atoms with E-state index in [1.54, 1.807) is 0 Å². The van der Waals surface area contributed by atoms with Crippen LogP contribution in [-0.2, 0) is 0 Å². The molecular weight excluding hydrogens is 334 g/mol. The second-order valence-electron chi connectivity index (χ2n) is 7.48. The van der Waals surface area contributed by atoms with Crippen LogP contribution in [0.5, 0.6) is 5.75 Å². The summed E-state index contributed by atoms with van der Waals surface area (Å²) in [5.41, 5.74) is -0.257. The van der Waals surface area contributed by atoms with Gasteiger partial charge in [-0.3, -0.25) is 5.32 Å². The zero-order valence-electron chi connectivity index (χ0n) is 14.5. The summed E-state index contributed by atoms with van der Waals surface area (Å²) < 4.78 is 0. The maximum atomic E-state index is 12.2. The molecule has 8 heteroatoms. The largest absolute Gasteiger partial charge is 0.504 e. The lowest BCUT2D eigenvalue weighted by atomic mass is 9.82. The van der Waals surface area contributed by atoms with E-state index in [9.17, 15) is 14.7 Å². The highest BCUT2D eigenvalue weighted by molar-refractivity contribution is 6.33. The Hall–Kier alpha value is -2.15. The van der Waals surface area contributed by atoms with Crippen LogP contribution in [0.3, 0.4) is 0 Å². The number of benzene rings is 1. The first-order valence-corrected chi connectivity index (χ1v) is 7.78. The van der Waals surface area contributed by atoms with Crippen molar-refractivity contribution in [3.63, 3.8) is 0 Å². The van der Waals surface area contributed by atoms with Crippen LogP contribution in [0.1, 0.15) is 41.0 Å². The predicted molar refractivity (Wildman–Crippen MR) is 95.1 cm³/mol. The molecule has 134 valence electrons. The molecule has 0 fully saturated rings. The Morgan fingerprint density at radius 3 is 2.21 bits per heavy atom. The van der Waals surface area contributed by atoms with Gasteiger partial charge in [0.05, 0.1) is 10.7 Å². The summed E-state index contributed by atoms with van der Waals surface area (Å²) in [6.07, 6.45) is -0.593. The van der Waals surface area contributed by atoms with Gasteiger partial charge in [0.2, 0.25) is 0 Å². The number of aromatic hydroxyl groups is 1. The number of carbonyl (C=O) groups excluding carboxylic acids is 1. The Labute approximate surface area is 146 Å². The summed E-state index contributed by atoms with van der Waals surface area (Å²) in [5, 5.41) is 25.9. The van der Waals surface area contributed by atoms with E-state index in [0.717, 1.165) is 6.42 Å².